The van der Waals surface area contributed by atoms with Crippen LogP contribution >= 0.6 is 0 Å². The average molecular weight is 368 g/mol. The van der Waals surface area contributed by atoms with Crippen LogP contribution in [0.15, 0.2) is 48.5 Å². The van der Waals surface area contributed by atoms with Gasteiger partial charge in [0.2, 0.25) is 5.91 Å². The first kappa shape index (κ1) is 19.1. The first-order valence-corrected chi connectivity index (χ1v) is 9.41. The lowest BCUT2D eigenvalue weighted by atomic mass is 9.87. The van der Waals surface area contributed by atoms with E-state index in [0.29, 0.717) is 0 Å². The highest BCUT2D eigenvalue weighted by atomic mass is 19.1. The number of carbonyl (C=O) groups excluding carboxylic acids is 2. The third kappa shape index (κ3) is 4.35. The number of fused-ring (bicyclic) bond motifs is 1. The molecule has 2 N–H and O–H groups in total. The van der Waals surface area contributed by atoms with Crippen molar-refractivity contribution in [1.29, 1.82) is 0 Å². The van der Waals surface area contributed by atoms with E-state index in [1.165, 1.54) is 23.8 Å². The minimum Gasteiger partial charge on any atom is -0.347 e. The van der Waals surface area contributed by atoms with Gasteiger partial charge in [-0.3, -0.25) is 9.59 Å². The zero-order chi connectivity index (χ0) is 19.4. The summed E-state index contributed by atoms with van der Waals surface area (Å²) < 4.78 is 13.9. The Bertz CT molecular complexity index is 835. The minimum atomic E-state index is -0.730. The van der Waals surface area contributed by atoms with E-state index in [2.05, 4.69) is 16.7 Å². The molecule has 1 aliphatic rings. The van der Waals surface area contributed by atoms with Gasteiger partial charge in [0, 0.05) is 0 Å². The highest BCUT2D eigenvalue weighted by molar-refractivity contribution is 5.97. The second-order valence-electron chi connectivity index (χ2n) is 7.33. The summed E-state index contributed by atoms with van der Waals surface area (Å²) in [6.07, 6.45) is 2.89. The maximum atomic E-state index is 13.9. The Morgan fingerprint density at radius 3 is 2.52 bits per heavy atom. The SMILES string of the molecule is CC(C)[C@@H](NC(=O)c1ccccc1F)C(=O)N[C@H]1CCCc2ccccc21. The predicted octanol–water partition coefficient (Wildman–Crippen LogP) is 3.77. The summed E-state index contributed by atoms with van der Waals surface area (Å²) >= 11 is 0. The van der Waals surface area contributed by atoms with Crippen molar-refractivity contribution >= 4 is 11.8 Å². The summed E-state index contributed by atoms with van der Waals surface area (Å²) in [5.41, 5.74) is 2.34. The molecule has 0 unspecified atom stereocenters. The van der Waals surface area contributed by atoms with E-state index in [9.17, 15) is 14.0 Å². The topological polar surface area (TPSA) is 58.2 Å². The molecule has 0 saturated heterocycles. The molecule has 0 aliphatic heterocycles. The van der Waals surface area contributed by atoms with Crippen LogP contribution in [0.25, 0.3) is 0 Å². The monoisotopic (exact) mass is 368 g/mol. The number of rotatable bonds is 5. The molecule has 0 radical (unpaired) electrons. The van der Waals surface area contributed by atoms with Crippen molar-refractivity contribution in [3.8, 4) is 0 Å². The van der Waals surface area contributed by atoms with Gasteiger partial charge < -0.3 is 10.6 Å². The van der Waals surface area contributed by atoms with Crippen LogP contribution in [0.3, 0.4) is 0 Å². The van der Waals surface area contributed by atoms with E-state index in [1.807, 2.05) is 32.0 Å². The van der Waals surface area contributed by atoms with Gasteiger partial charge in [0.25, 0.3) is 5.91 Å². The number of hydrogen-bond acceptors (Lipinski definition) is 2. The van der Waals surface area contributed by atoms with Crippen LogP contribution in [-0.4, -0.2) is 17.9 Å². The number of aryl methyl sites for hydroxylation is 1. The molecule has 27 heavy (non-hydrogen) atoms. The van der Waals surface area contributed by atoms with E-state index in [4.69, 9.17) is 0 Å². The molecule has 0 saturated carbocycles. The Morgan fingerprint density at radius 2 is 1.78 bits per heavy atom. The Kier molecular flexibility index (Phi) is 5.89. The lowest BCUT2D eigenvalue weighted by molar-refractivity contribution is -0.124. The molecule has 0 heterocycles. The van der Waals surface area contributed by atoms with Crippen molar-refractivity contribution in [3.63, 3.8) is 0 Å². The molecular weight excluding hydrogens is 343 g/mol. The standard InChI is InChI=1S/C22H25FN2O2/c1-14(2)20(25-21(26)17-11-5-6-12-18(17)23)22(27)24-19-13-7-9-15-8-3-4-10-16(15)19/h3-6,8,10-12,14,19-20H,7,9,13H2,1-2H3,(H,24,27)(H,25,26)/t19-,20+/m0/s1. The van der Waals surface area contributed by atoms with E-state index < -0.39 is 17.8 Å². The summed E-state index contributed by atoms with van der Waals surface area (Å²) in [4.78, 5) is 25.3. The molecule has 2 amide bonds. The maximum absolute atomic E-state index is 13.9. The Labute approximate surface area is 159 Å². The number of carbonyl (C=O) groups is 2. The Balaban J connectivity index is 1.73. The van der Waals surface area contributed by atoms with Crippen LogP contribution in [0.2, 0.25) is 0 Å². The summed E-state index contributed by atoms with van der Waals surface area (Å²) in [6.45, 7) is 3.72. The van der Waals surface area contributed by atoms with Crippen LogP contribution in [0.1, 0.15) is 54.2 Å². The summed E-state index contributed by atoms with van der Waals surface area (Å²) in [5, 5.41) is 5.78. The molecule has 142 valence electrons. The van der Waals surface area contributed by atoms with Gasteiger partial charge in [-0.25, -0.2) is 4.39 Å². The highest BCUT2D eigenvalue weighted by Gasteiger charge is 2.29. The molecule has 0 bridgehead atoms. The molecule has 4 nitrogen and oxygen atoms in total. The van der Waals surface area contributed by atoms with Gasteiger partial charge in [-0.15, -0.1) is 0 Å². The van der Waals surface area contributed by atoms with Gasteiger partial charge >= 0.3 is 0 Å². The molecule has 1 aliphatic carbocycles. The fraction of sp³-hybridized carbons (Fsp3) is 0.364. The van der Waals surface area contributed by atoms with E-state index >= 15 is 0 Å². The number of benzene rings is 2. The molecule has 2 aromatic rings. The fourth-order valence-electron chi connectivity index (χ4n) is 3.56. The van der Waals surface area contributed by atoms with Crippen LogP contribution in [0.4, 0.5) is 4.39 Å². The van der Waals surface area contributed by atoms with Gasteiger partial charge in [-0.1, -0.05) is 50.2 Å². The van der Waals surface area contributed by atoms with Gasteiger partial charge in [-0.05, 0) is 48.4 Å². The van der Waals surface area contributed by atoms with Gasteiger partial charge in [-0.2, -0.15) is 0 Å². The van der Waals surface area contributed by atoms with E-state index in [0.717, 1.165) is 24.8 Å². The molecule has 0 aromatic heterocycles. The lowest BCUT2D eigenvalue weighted by Crippen LogP contribution is -2.50. The average Bonchev–Trinajstić information content (AvgIpc) is 2.66. The molecule has 5 heteroatoms. The highest BCUT2D eigenvalue weighted by Crippen LogP contribution is 2.29. The zero-order valence-corrected chi connectivity index (χ0v) is 15.7. The molecule has 2 atom stereocenters. The number of hydrogen-bond donors (Lipinski definition) is 2. The Morgan fingerprint density at radius 1 is 1.07 bits per heavy atom. The van der Waals surface area contributed by atoms with Crippen molar-refractivity contribution in [1.82, 2.24) is 10.6 Å². The quantitative estimate of drug-likeness (QED) is 0.844. The Hall–Kier alpha value is -2.69. The third-order valence-electron chi connectivity index (χ3n) is 5.04. The van der Waals surface area contributed by atoms with E-state index in [1.54, 1.807) is 6.07 Å². The number of nitrogens with one attached hydrogen (secondary N) is 2. The van der Waals surface area contributed by atoms with Crippen LogP contribution in [0.5, 0.6) is 0 Å². The van der Waals surface area contributed by atoms with Crippen LogP contribution in [0, 0.1) is 11.7 Å². The molecular formula is C22H25FN2O2. The number of halogens is 1. The van der Waals surface area contributed by atoms with Gasteiger partial charge in [0.1, 0.15) is 11.9 Å². The van der Waals surface area contributed by atoms with Crippen molar-refractivity contribution < 1.29 is 14.0 Å². The molecule has 3 rings (SSSR count). The van der Waals surface area contributed by atoms with Crippen LogP contribution < -0.4 is 10.6 Å². The second-order valence-corrected chi connectivity index (χ2v) is 7.33. The maximum Gasteiger partial charge on any atom is 0.254 e. The second kappa shape index (κ2) is 8.33. The summed E-state index contributed by atoms with van der Waals surface area (Å²) in [5.74, 6) is -1.54. The first-order valence-electron chi connectivity index (χ1n) is 9.41. The third-order valence-corrected chi connectivity index (χ3v) is 5.04. The van der Waals surface area contributed by atoms with Gasteiger partial charge in [0.05, 0.1) is 11.6 Å². The summed E-state index contributed by atoms with van der Waals surface area (Å²) in [7, 11) is 0. The first-order chi connectivity index (χ1) is 13.0. The minimum absolute atomic E-state index is 0.0565. The largest absolute Gasteiger partial charge is 0.347 e. The smallest absolute Gasteiger partial charge is 0.254 e. The van der Waals surface area contributed by atoms with Crippen molar-refractivity contribution in [2.24, 2.45) is 5.92 Å². The molecule has 0 spiro atoms. The normalized spacial score (nSPS) is 17.1. The molecule has 2 aromatic carbocycles. The lowest BCUT2D eigenvalue weighted by Gasteiger charge is -2.29. The van der Waals surface area contributed by atoms with Crippen molar-refractivity contribution in [2.75, 3.05) is 0 Å². The number of amides is 2. The zero-order valence-electron chi connectivity index (χ0n) is 15.7. The summed E-state index contributed by atoms with van der Waals surface area (Å²) in [6, 6.07) is 13.1. The van der Waals surface area contributed by atoms with E-state index in [-0.39, 0.29) is 23.4 Å². The van der Waals surface area contributed by atoms with Crippen molar-refractivity contribution in [2.45, 2.75) is 45.2 Å². The molecule has 0 fully saturated rings. The predicted molar refractivity (Wildman–Crippen MR) is 103 cm³/mol. The van der Waals surface area contributed by atoms with Gasteiger partial charge in [0.15, 0.2) is 0 Å². The van der Waals surface area contributed by atoms with Crippen LogP contribution in [-0.2, 0) is 11.2 Å². The van der Waals surface area contributed by atoms with Crippen molar-refractivity contribution in [3.05, 3.63) is 71.0 Å². The fourth-order valence-corrected chi connectivity index (χ4v) is 3.56.